The number of amides is 1. The molecule has 0 spiro atoms. The van der Waals surface area contributed by atoms with E-state index in [1.54, 1.807) is 11.3 Å². The molecule has 2 heterocycles. The van der Waals surface area contributed by atoms with Crippen molar-refractivity contribution < 1.29 is 18.0 Å². The summed E-state index contributed by atoms with van der Waals surface area (Å²) in [4.78, 5) is 19.2. The van der Waals surface area contributed by atoms with Crippen molar-refractivity contribution in [1.82, 2.24) is 9.88 Å². The molecule has 1 aliphatic heterocycles. The predicted octanol–water partition coefficient (Wildman–Crippen LogP) is 5.09. The number of halogens is 3. The fourth-order valence-electron chi connectivity index (χ4n) is 3.49. The van der Waals surface area contributed by atoms with Crippen molar-refractivity contribution in [3.8, 4) is 0 Å². The van der Waals surface area contributed by atoms with Gasteiger partial charge in [-0.1, -0.05) is 18.2 Å². The van der Waals surface area contributed by atoms with Crippen LogP contribution in [0.3, 0.4) is 0 Å². The van der Waals surface area contributed by atoms with E-state index in [4.69, 9.17) is 4.98 Å². The molecule has 0 aliphatic carbocycles. The van der Waals surface area contributed by atoms with Gasteiger partial charge < -0.3 is 5.32 Å². The number of anilines is 1. The van der Waals surface area contributed by atoms with Crippen LogP contribution in [0.15, 0.2) is 48.5 Å². The van der Waals surface area contributed by atoms with Crippen LogP contribution < -0.4 is 5.32 Å². The molecule has 1 aromatic heterocycles. The Morgan fingerprint density at radius 2 is 2.04 bits per heavy atom. The minimum absolute atomic E-state index is 0.0599. The summed E-state index contributed by atoms with van der Waals surface area (Å²) in [5, 5.41) is 3.56. The molecule has 3 aromatic rings. The predicted molar refractivity (Wildman–Crippen MR) is 103 cm³/mol. The number of benzene rings is 2. The Hall–Kier alpha value is -2.45. The molecule has 28 heavy (non-hydrogen) atoms. The highest BCUT2D eigenvalue weighted by molar-refractivity contribution is 7.18. The SMILES string of the molecule is O=C(CN1CCC[C@H]1c1nc2ccccc2s1)Nc1cccc(C(F)(F)F)c1. The lowest BCUT2D eigenvalue weighted by Gasteiger charge is -2.22. The number of rotatable bonds is 4. The van der Waals surface area contributed by atoms with Gasteiger partial charge in [-0.2, -0.15) is 13.2 Å². The van der Waals surface area contributed by atoms with Gasteiger partial charge in [-0.15, -0.1) is 11.3 Å². The molecule has 1 fully saturated rings. The molecule has 1 N–H and O–H groups in total. The van der Waals surface area contributed by atoms with E-state index >= 15 is 0 Å². The molecular weight excluding hydrogens is 387 g/mol. The van der Waals surface area contributed by atoms with Crippen molar-refractivity contribution in [3.63, 3.8) is 0 Å². The van der Waals surface area contributed by atoms with E-state index < -0.39 is 11.7 Å². The minimum Gasteiger partial charge on any atom is -0.325 e. The van der Waals surface area contributed by atoms with Gasteiger partial charge in [0, 0.05) is 5.69 Å². The van der Waals surface area contributed by atoms with E-state index in [2.05, 4.69) is 5.32 Å². The van der Waals surface area contributed by atoms with Crippen molar-refractivity contribution in [2.24, 2.45) is 0 Å². The molecule has 1 atom stereocenters. The number of aromatic nitrogens is 1. The molecule has 0 unspecified atom stereocenters. The normalized spacial score (nSPS) is 17.9. The van der Waals surface area contributed by atoms with Crippen molar-refractivity contribution in [3.05, 3.63) is 59.1 Å². The number of carbonyl (C=O) groups is 1. The number of hydrogen-bond acceptors (Lipinski definition) is 4. The van der Waals surface area contributed by atoms with Crippen LogP contribution in [-0.2, 0) is 11.0 Å². The molecule has 4 rings (SSSR count). The van der Waals surface area contributed by atoms with Crippen molar-refractivity contribution >= 4 is 33.1 Å². The number of alkyl halides is 3. The van der Waals surface area contributed by atoms with Gasteiger partial charge in [0.1, 0.15) is 5.01 Å². The van der Waals surface area contributed by atoms with Gasteiger partial charge in [0.05, 0.1) is 28.4 Å². The lowest BCUT2D eigenvalue weighted by atomic mass is 10.2. The van der Waals surface area contributed by atoms with E-state index in [1.807, 2.05) is 29.2 Å². The summed E-state index contributed by atoms with van der Waals surface area (Å²) in [6.45, 7) is 0.882. The zero-order chi connectivity index (χ0) is 19.7. The van der Waals surface area contributed by atoms with Crippen LogP contribution in [-0.4, -0.2) is 28.9 Å². The van der Waals surface area contributed by atoms with Crippen molar-refractivity contribution in [1.29, 1.82) is 0 Å². The third-order valence-corrected chi connectivity index (χ3v) is 5.92. The lowest BCUT2D eigenvalue weighted by molar-refractivity contribution is -0.137. The lowest BCUT2D eigenvalue weighted by Crippen LogP contribution is -2.33. The molecule has 2 aromatic carbocycles. The highest BCUT2D eigenvalue weighted by atomic mass is 32.1. The summed E-state index contributed by atoms with van der Waals surface area (Å²) in [5.41, 5.74) is 0.317. The maximum Gasteiger partial charge on any atom is 0.416 e. The fourth-order valence-corrected chi connectivity index (χ4v) is 4.62. The Morgan fingerprint density at radius 3 is 2.82 bits per heavy atom. The Kier molecular flexibility index (Phi) is 5.07. The van der Waals surface area contributed by atoms with Gasteiger partial charge in [0.2, 0.25) is 5.91 Å². The number of hydrogen-bond donors (Lipinski definition) is 1. The first-order chi connectivity index (χ1) is 13.4. The van der Waals surface area contributed by atoms with Gasteiger partial charge in [-0.3, -0.25) is 9.69 Å². The van der Waals surface area contributed by atoms with E-state index in [1.165, 1.54) is 12.1 Å². The van der Waals surface area contributed by atoms with Gasteiger partial charge >= 0.3 is 6.18 Å². The van der Waals surface area contributed by atoms with E-state index in [0.29, 0.717) is 0 Å². The number of fused-ring (bicyclic) bond motifs is 1. The molecule has 1 amide bonds. The minimum atomic E-state index is -4.44. The zero-order valence-electron chi connectivity index (χ0n) is 14.9. The maximum absolute atomic E-state index is 12.8. The van der Waals surface area contributed by atoms with Gasteiger partial charge in [-0.05, 0) is 49.7 Å². The quantitative estimate of drug-likeness (QED) is 0.658. The second-order valence-electron chi connectivity index (χ2n) is 6.78. The molecular formula is C20H18F3N3OS. The first-order valence-electron chi connectivity index (χ1n) is 8.97. The molecule has 0 bridgehead atoms. The van der Waals surface area contributed by atoms with Crippen LogP contribution in [0.5, 0.6) is 0 Å². The zero-order valence-corrected chi connectivity index (χ0v) is 15.7. The Bertz CT molecular complexity index is 969. The average Bonchev–Trinajstić information content (AvgIpc) is 3.27. The largest absolute Gasteiger partial charge is 0.416 e. The second-order valence-corrected chi connectivity index (χ2v) is 7.84. The van der Waals surface area contributed by atoms with Gasteiger partial charge in [0.25, 0.3) is 0 Å². The Morgan fingerprint density at radius 1 is 1.21 bits per heavy atom. The summed E-state index contributed by atoms with van der Waals surface area (Å²) in [7, 11) is 0. The Balaban J connectivity index is 1.45. The number of likely N-dealkylation sites (tertiary alicyclic amines) is 1. The first-order valence-corrected chi connectivity index (χ1v) is 9.78. The molecule has 1 saturated heterocycles. The third-order valence-electron chi connectivity index (χ3n) is 4.78. The highest BCUT2D eigenvalue weighted by Crippen LogP contribution is 2.36. The van der Waals surface area contributed by atoms with Gasteiger partial charge in [-0.25, -0.2) is 4.98 Å². The van der Waals surface area contributed by atoms with Crippen LogP contribution in [0.1, 0.15) is 29.5 Å². The van der Waals surface area contributed by atoms with Crippen LogP contribution in [0.25, 0.3) is 10.2 Å². The van der Waals surface area contributed by atoms with Crippen LogP contribution in [0, 0.1) is 0 Å². The van der Waals surface area contributed by atoms with Crippen LogP contribution in [0.4, 0.5) is 18.9 Å². The second kappa shape index (κ2) is 7.52. The molecule has 1 aliphatic rings. The average molecular weight is 405 g/mol. The highest BCUT2D eigenvalue weighted by Gasteiger charge is 2.31. The van der Waals surface area contributed by atoms with E-state index in [9.17, 15) is 18.0 Å². The molecule has 146 valence electrons. The molecule has 0 radical (unpaired) electrons. The Labute approximate surface area is 164 Å². The van der Waals surface area contributed by atoms with E-state index in [-0.39, 0.29) is 24.2 Å². The smallest absolute Gasteiger partial charge is 0.325 e. The summed E-state index contributed by atoms with van der Waals surface area (Å²) >= 11 is 1.62. The number of para-hydroxylation sites is 1. The number of nitrogens with one attached hydrogen (secondary N) is 1. The molecule has 0 saturated carbocycles. The van der Waals surface area contributed by atoms with Gasteiger partial charge in [0.15, 0.2) is 0 Å². The summed E-state index contributed by atoms with van der Waals surface area (Å²) in [6, 6.07) is 12.7. The standard InChI is InChI=1S/C20H18F3N3OS/c21-20(22,23)13-5-3-6-14(11-13)24-18(27)12-26-10-4-8-16(26)19-25-15-7-1-2-9-17(15)28-19/h1-3,5-7,9,11,16H,4,8,10,12H2,(H,24,27)/t16-/m0/s1. The number of carbonyl (C=O) groups excluding carboxylic acids is 1. The maximum atomic E-state index is 12.8. The monoisotopic (exact) mass is 405 g/mol. The fraction of sp³-hybridized carbons (Fsp3) is 0.300. The molecule has 8 heteroatoms. The summed E-state index contributed by atoms with van der Waals surface area (Å²) < 4.78 is 39.6. The molecule has 4 nitrogen and oxygen atoms in total. The topological polar surface area (TPSA) is 45.2 Å². The first kappa shape index (κ1) is 18.9. The number of nitrogens with zero attached hydrogens (tertiary/aromatic N) is 2. The van der Waals surface area contributed by atoms with E-state index in [0.717, 1.165) is 46.7 Å². The number of thiazole rings is 1. The summed E-state index contributed by atoms with van der Waals surface area (Å²) in [6.07, 6.45) is -2.57. The van der Waals surface area contributed by atoms with Crippen LogP contribution >= 0.6 is 11.3 Å². The van der Waals surface area contributed by atoms with Crippen molar-refractivity contribution in [2.75, 3.05) is 18.4 Å². The van der Waals surface area contributed by atoms with Crippen LogP contribution in [0.2, 0.25) is 0 Å². The summed E-state index contributed by atoms with van der Waals surface area (Å²) in [5.74, 6) is -0.327. The van der Waals surface area contributed by atoms with Crippen molar-refractivity contribution in [2.45, 2.75) is 25.1 Å². The third kappa shape index (κ3) is 4.02.